The van der Waals surface area contributed by atoms with Crippen molar-refractivity contribution in [3.63, 3.8) is 0 Å². The molecular weight excluding hydrogens is 817 g/mol. The maximum atomic E-state index is 12.8. The van der Waals surface area contributed by atoms with Crippen LogP contribution in [-0.2, 0) is 28.6 Å². The molecule has 0 aliphatic rings. The van der Waals surface area contributed by atoms with E-state index in [0.717, 1.165) is 83.5 Å². The van der Waals surface area contributed by atoms with Crippen LogP contribution in [0.1, 0.15) is 271 Å². The van der Waals surface area contributed by atoms with Gasteiger partial charge >= 0.3 is 17.9 Å². The van der Waals surface area contributed by atoms with Gasteiger partial charge in [-0.25, -0.2) is 0 Å². The van der Waals surface area contributed by atoms with Crippen molar-refractivity contribution in [1.82, 2.24) is 0 Å². The zero-order valence-electron chi connectivity index (χ0n) is 43.4. The molecule has 0 heterocycles. The number of ether oxygens (including phenoxy) is 3. The first-order valence-corrected chi connectivity index (χ1v) is 27.9. The van der Waals surface area contributed by atoms with E-state index in [1.54, 1.807) is 0 Å². The lowest BCUT2D eigenvalue weighted by molar-refractivity contribution is -0.166. The Balaban J connectivity index is 4.43. The molecule has 66 heavy (non-hydrogen) atoms. The average molecular weight is 921 g/mol. The van der Waals surface area contributed by atoms with Crippen LogP contribution in [-0.4, -0.2) is 37.2 Å². The third kappa shape index (κ3) is 51.8. The summed E-state index contributed by atoms with van der Waals surface area (Å²) in [4.78, 5) is 38.0. The van der Waals surface area contributed by atoms with Crippen molar-refractivity contribution in [2.75, 3.05) is 13.2 Å². The standard InChI is InChI=1S/C60H104O6/c1-4-7-10-13-16-19-22-25-27-29-30-31-33-35-38-41-44-47-50-53-59(62)65-56-57(55-64-58(61)52-49-46-43-40-37-34-24-21-18-15-12-9-6-3)66-60(63)54-51-48-45-42-39-36-32-28-26-23-20-17-14-11-8-5-2/h8,11,17,20,26,28,34,36-37,39,43,46,57H,4-7,9-10,12-16,18-19,21-25,27,29-33,35,38,40-42,44-45,47-56H2,1-3H3/b11-8-,20-17-,28-26-,37-34-,39-36-,46-43-. The molecule has 1 atom stereocenters. The van der Waals surface area contributed by atoms with Gasteiger partial charge < -0.3 is 14.2 Å². The minimum absolute atomic E-state index is 0.103. The Morgan fingerprint density at radius 2 is 0.621 bits per heavy atom. The van der Waals surface area contributed by atoms with Crippen LogP contribution in [0.25, 0.3) is 0 Å². The molecule has 0 bridgehead atoms. The van der Waals surface area contributed by atoms with E-state index in [4.69, 9.17) is 14.2 Å². The molecule has 6 nitrogen and oxygen atoms in total. The van der Waals surface area contributed by atoms with Crippen molar-refractivity contribution >= 4 is 17.9 Å². The van der Waals surface area contributed by atoms with Gasteiger partial charge in [0, 0.05) is 19.3 Å². The molecule has 0 radical (unpaired) electrons. The van der Waals surface area contributed by atoms with Gasteiger partial charge in [-0.05, 0) is 77.0 Å². The molecule has 0 rings (SSSR count). The van der Waals surface area contributed by atoms with Crippen molar-refractivity contribution in [3.05, 3.63) is 72.9 Å². The SMILES string of the molecule is CC/C=C\C/C=C\C/C=C\C/C=C\CCCCCC(=O)OC(COC(=O)CC/C=C\C/C=C\CCCCCCCC)COC(=O)CCCCCCCCCCCCCCCCCCCCC. The van der Waals surface area contributed by atoms with Gasteiger partial charge in [0.05, 0.1) is 0 Å². The van der Waals surface area contributed by atoms with Crippen molar-refractivity contribution in [2.45, 2.75) is 277 Å². The van der Waals surface area contributed by atoms with E-state index in [2.05, 4.69) is 87.6 Å². The van der Waals surface area contributed by atoms with Crippen molar-refractivity contribution in [2.24, 2.45) is 0 Å². The third-order valence-electron chi connectivity index (χ3n) is 12.0. The molecule has 0 spiro atoms. The molecule has 0 aromatic carbocycles. The zero-order chi connectivity index (χ0) is 47.9. The fourth-order valence-electron chi connectivity index (χ4n) is 7.78. The molecule has 0 aromatic rings. The minimum Gasteiger partial charge on any atom is -0.462 e. The van der Waals surface area contributed by atoms with Gasteiger partial charge in [0.25, 0.3) is 0 Å². The van der Waals surface area contributed by atoms with E-state index in [9.17, 15) is 14.4 Å². The van der Waals surface area contributed by atoms with Crippen LogP contribution < -0.4 is 0 Å². The summed E-state index contributed by atoms with van der Waals surface area (Å²) >= 11 is 0. The number of carbonyl (C=O) groups is 3. The highest BCUT2D eigenvalue weighted by Gasteiger charge is 2.19. The second-order valence-electron chi connectivity index (χ2n) is 18.5. The van der Waals surface area contributed by atoms with E-state index in [1.165, 1.54) is 141 Å². The lowest BCUT2D eigenvalue weighted by Crippen LogP contribution is -2.30. The number of carbonyl (C=O) groups excluding carboxylic acids is 3. The van der Waals surface area contributed by atoms with E-state index in [0.29, 0.717) is 12.8 Å². The Morgan fingerprint density at radius 1 is 0.318 bits per heavy atom. The fourth-order valence-corrected chi connectivity index (χ4v) is 7.78. The van der Waals surface area contributed by atoms with Crippen LogP contribution in [0.5, 0.6) is 0 Å². The molecule has 380 valence electrons. The van der Waals surface area contributed by atoms with Crippen LogP contribution in [0.3, 0.4) is 0 Å². The third-order valence-corrected chi connectivity index (χ3v) is 12.0. The Hall–Kier alpha value is -3.15. The van der Waals surface area contributed by atoms with Gasteiger partial charge in [0.15, 0.2) is 6.10 Å². The largest absolute Gasteiger partial charge is 0.462 e. The molecule has 0 fully saturated rings. The summed E-state index contributed by atoms with van der Waals surface area (Å²) in [6, 6.07) is 0. The number of hydrogen-bond donors (Lipinski definition) is 0. The minimum atomic E-state index is -0.813. The summed E-state index contributed by atoms with van der Waals surface area (Å²) in [7, 11) is 0. The summed E-state index contributed by atoms with van der Waals surface area (Å²) < 4.78 is 16.8. The first kappa shape index (κ1) is 62.8. The molecular formula is C60H104O6. The van der Waals surface area contributed by atoms with Crippen LogP contribution >= 0.6 is 0 Å². The van der Waals surface area contributed by atoms with Crippen LogP contribution in [0.15, 0.2) is 72.9 Å². The van der Waals surface area contributed by atoms with Crippen LogP contribution in [0.4, 0.5) is 0 Å². The molecule has 0 aliphatic heterocycles. The molecule has 0 aromatic heterocycles. The van der Waals surface area contributed by atoms with Crippen molar-refractivity contribution < 1.29 is 28.6 Å². The lowest BCUT2D eigenvalue weighted by atomic mass is 10.0. The quantitative estimate of drug-likeness (QED) is 0.0262. The topological polar surface area (TPSA) is 78.9 Å². The molecule has 0 saturated carbocycles. The number of esters is 3. The lowest BCUT2D eigenvalue weighted by Gasteiger charge is -2.18. The first-order chi connectivity index (χ1) is 32.5. The highest BCUT2D eigenvalue weighted by atomic mass is 16.6. The summed E-state index contributed by atoms with van der Waals surface area (Å²) in [6.45, 7) is 6.46. The number of allylic oxidation sites excluding steroid dienone is 12. The molecule has 1 unspecified atom stereocenters. The second-order valence-corrected chi connectivity index (χ2v) is 18.5. The van der Waals surface area contributed by atoms with Crippen LogP contribution in [0, 0.1) is 0 Å². The summed E-state index contributed by atoms with van der Waals surface area (Å²) in [5.41, 5.74) is 0. The summed E-state index contributed by atoms with van der Waals surface area (Å²) in [5, 5.41) is 0. The predicted octanol–water partition coefficient (Wildman–Crippen LogP) is 18.6. The van der Waals surface area contributed by atoms with Gasteiger partial charge in [-0.3, -0.25) is 14.4 Å². The smallest absolute Gasteiger partial charge is 0.306 e. The molecule has 0 N–H and O–H groups in total. The first-order valence-electron chi connectivity index (χ1n) is 27.9. The molecule has 0 aliphatic carbocycles. The van der Waals surface area contributed by atoms with E-state index >= 15 is 0 Å². The van der Waals surface area contributed by atoms with Gasteiger partial charge in [-0.2, -0.15) is 0 Å². The Bertz CT molecular complexity index is 1240. The maximum Gasteiger partial charge on any atom is 0.306 e. The number of unbranched alkanes of at least 4 members (excludes halogenated alkanes) is 27. The van der Waals surface area contributed by atoms with Gasteiger partial charge in [-0.1, -0.05) is 248 Å². The molecule has 6 heteroatoms. The van der Waals surface area contributed by atoms with E-state index < -0.39 is 6.10 Å². The molecule has 0 amide bonds. The average Bonchev–Trinajstić information content (AvgIpc) is 3.31. The van der Waals surface area contributed by atoms with Gasteiger partial charge in [0.1, 0.15) is 13.2 Å². The van der Waals surface area contributed by atoms with Gasteiger partial charge in [-0.15, -0.1) is 0 Å². The Labute approximate surface area is 408 Å². The predicted molar refractivity (Wildman–Crippen MR) is 284 cm³/mol. The number of hydrogen-bond acceptors (Lipinski definition) is 6. The maximum absolute atomic E-state index is 12.8. The van der Waals surface area contributed by atoms with Gasteiger partial charge in [0.2, 0.25) is 0 Å². The zero-order valence-corrected chi connectivity index (χ0v) is 43.4. The number of rotatable bonds is 50. The molecule has 0 saturated heterocycles. The summed E-state index contributed by atoms with van der Waals surface area (Å²) in [5.74, 6) is -0.999. The van der Waals surface area contributed by atoms with E-state index in [-0.39, 0.29) is 44.0 Å². The fraction of sp³-hybridized carbons (Fsp3) is 0.750. The normalized spacial score (nSPS) is 12.6. The van der Waals surface area contributed by atoms with Crippen molar-refractivity contribution in [1.29, 1.82) is 0 Å². The Kier molecular flexibility index (Phi) is 51.9. The van der Waals surface area contributed by atoms with Crippen molar-refractivity contribution in [3.8, 4) is 0 Å². The Morgan fingerprint density at radius 3 is 1.03 bits per heavy atom. The highest BCUT2D eigenvalue weighted by molar-refractivity contribution is 5.71. The second kappa shape index (κ2) is 54.5. The van der Waals surface area contributed by atoms with E-state index in [1.807, 2.05) is 6.08 Å². The highest BCUT2D eigenvalue weighted by Crippen LogP contribution is 2.16. The van der Waals surface area contributed by atoms with Crippen LogP contribution in [0.2, 0.25) is 0 Å². The summed E-state index contributed by atoms with van der Waals surface area (Å²) in [6.07, 6.45) is 69.1. The monoisotopic (exact) mass is 921 g/mol.